The van der Waals surface area contributed by atoms with Gasteiger partial charge in [0.1, 0.15) is 12.4 Å². The zero-order valence-electron chi connectivity index (χ0n) is 16.4. The number of hydrogen-bond acceptors (Lipinski definition) is 3. The van der Waals surface area contributed by atoms with Gasteiger partial charge in [-0.05, 0) is 62.9 Å². The van der Waals surface area contributed by atoms with Crippen LogP contribution in [-0.4, -0.2) is 41.2 Å². The largest absolute Gasteiger partial charge is 0.490 e. The van der Waals surface area contributed by atoms with Crippen molar-refractivity contribution in [2.75, 3.05) is 19.7 Å². The lowest BCUT2D eigenvalue weighted by atomic mass is 9.90. The number of hydrogen-bond donors (Lipinski definition) is 1. The maximum absolute atomic E-state index is 13.0. The first-order valence-electron chi connectivity index (χ1n) is 9.63. The Morgan fingerprint density at radius 1 is 1.22 bits per heavy atom. The van der Waals surface area contributed by atoms with Gasteiger partial charge in [-0.15, -0.1) is 0 Å². The summed E-state index contributed by atoms with van der Waals surface area (Å²) >= 11 is 0. The summed E-state index contributed by atoms with van der Waals surface area (Å²) in [6, 6.07) is 16.0. The Hall–Kier alpha value is -2.33. The molecule has 1 fully saturated rings. The van der Waals surface area contributed by atoms with Gasteiger partial charge in [-0.2, -0.15) is 0 Å². The Morgan fingerprint density at radius 3 is 2.63 bits per heavy atom. The minimum absolute atomic E-state index is 0.0766. The maximum atomic E-state index is 13.0. The van der Waals surface area contributed by atoms with Crippen LogP contribution in [0.15, 0.2) is 48.5 Å². The van der Waals surface area contributed by atoms with Crippen molar-refractivity contribution >= 4 is 5.91 Å². The Kier molecular flexibility index (Phi) is 5.85. The van der Waals surface area contributed by atoms with Crippen LogP contribution in [0.1, 0.15) is 54.1 Å². The van der Waals surface area contributed by atoms with Gasteiger partial charge in [0.25, 0.3) is 5.91 Å². The summed E-state index contributed by atoms with van der Waals surface area (Å²) in [5.74, 6) is 1.18. The summed E-state index contributed by atoms with van der Waals surface area (Å²) in [6.07, 6.45) is 2.15. The Balaban J connectivity index is 1.69. The highest BCUT2D eigenvalue weighted by Crippen LogP contribution is 2.28. The van der Waals surface area contributed by atoms with Crippen LogP contribution in [0.2, 0.25) is 0 Å². The van der Waals surface area contributed by atoms with Crippen molar-refractivity contribution in [2.24, 2.45) is 0 Å². The molecule has 1 amide bonds. The smallest absolute Gasteiger partial charge is 0.253 e. The van der Waals surface area contributed by atoms with E-state index >= 15 is 0 Å². The summed E-state index contributed by atoms with van der Waals surface area (Å²) in [5, 5.41) is 9.82. The van der Waals surface area contributed by atoms with Gasteiger partial charge >= 0.3 is 0 Å². The Morgan fingerprint density at radius 2 is 1.96 bits per heavy atom. The minimum Gasteiger partial charge on any atom is -0.490 e. The summed E-state index contributed by atoms with van der Waals surface area (Å²) in [6.45, 7) is 7.13. The maximum Gasteiger partial charge on any atom is 0.253 e. The molecule has 144 valence electrons. The van der Waals surface area contributed by atoms with Gasteiger partial charge in [0.05, 0.1) is 5.60 Å². The summed E-state index contributed by atoms with van der Waals surface area (Å²) < 4.78 is 5.68. The Labute approximate surface area is 161 Å². The molecular weight excluding hydrogens is 338 g/mol. The average molecular weight is 367 g/mol. The molecule has 0 aromatic heterocycles. The number of nitrogens with zero attached hydrogens (tertiary/aromatic N) is 1. The van der Waals surface area contributed by atoms with Crippen LogP contribution in [0.5, 0.6) is 5.75 Å². The fraction of sp³-hybridized carbons (Fsp3) is 0.435. The molecule has 1 heterocycles. The molecule has 2 aromatic rings. The second-order valence-electron chi connectivity index (χ2n) is 8.08. The molecule has 1 aliphatic heterocycles. The zero-order valence-corrected chi connectivity index (χ0v) is 16.4. The SMILES string of the molecule is Cc1cc(C(=O)N2CCC[C@@H](c3ccccc3)C2)ccc1OCC(C)(C)O. The van der Waals surface area contributed by atoms with E-state index in [4.69, 9.17) is 4.74 Å². The standard InChI is InChI=1S/C23H29NO3/c1-17-14-19(11-12-21(17)27-16-23(2,3)26)22(25)24-13-7-10-20(15-24)18-8-5-4-6-9-18/h4-6,8-9,11-12,14,20,26H,7,10,13,15-16H2,1-3H3/t20-/m1/s1. The van der Waals surface area contributed by atoms with Crippen LogP contribution in [0, 0.1) is 6.92 Å². The lowest BCUT2D eigenvalue weighted by Crippen LogP contribution is -2.39. The molecule has 0 aliphatic carbocycles. The summed E-state index contributed by atoms with van der Waals surface area (Å²) in [5.41, 5.74) is 2.02. The number of benzene rings is 2. The number of rotatable bonds is 5. The van der Waals surface area contributed by atoms with E-state index in [9.17, 15) is 9.90 Å². The van der Waals surface area contributed by atoms with Gasteiger partial charge in [0, 0.05) is 24.6 Å². The molecule has 3 rings (SSSR count). The monoisotopic (exact) mass is 367 g/mol. The van der Waals surface area contributed by atoms with E-state index in [-0.39, 0.29) is 12.5 Å². The molecule has 0 bridgehead atoms. The van der Waals surface area contributed by atoms with Gasteiger partial charge in [0.15, 0.2) is 0 Å². The third-order valence-corrected chi connectivity index (χ3v) is 4.98. The number of piperidine rings is 1. The van der Waals surface area contributed by atoms with E-state index in [1.165, 1.54) is 5.56 Å². The number of likely N-dealkylation sites (tertiary alicyclic amines) is 1. The van der Waals surface area contributed by atoms with Crippen LogP contribution >= 0.6 is 0 Å². The first-order chi connectivity index (χ1) is 12.8. The third-order valence-electron chi connectivity index (χ3n) is 4.98. The van der Waals surface area contributed by atoms with Crippen molar-refractivity contribution in [3.63, 3.8) is 0 Å². The van der Waals surface area contributed by atoms with Crippen molar-refractivity contribution in [1.82, 2.24) is 4.90 Å². The molecular formula is C23H29NO3. The van der Waals surface area contributed by atoms with E-state index in [2.05, 4.69) is 24.3 Å². The molecule has 0 saturated carbocycles. The van der Waals surface area contributed by atoms with Crippen LogP contribution in [-0.2, 0) is 0 Å². The highest BCUT2D eigenvalue weighted by atomic mass is 16.5. The van der Waals surface area contributed by atoms with Crippen molar-refractivity contribution in [2.45, 2.75) is 45.1 Å². The number of ether oxygens (including phenoxy) is 1. The highest BCUT2D eigenvalue weighted by Gasteiger charge is 2.25. The van der Waals surface area contributed by atoms with Crippen LogP contribution in [0.4, 0.5) is 0 Å². The molecule has 4 heteroatoms. The van der Waals surface area contributed by atoms with Gasteiger partial charge in [0.2, 0.25) is 0 Å². The second kappa shape index (κ2) is 8.13. The quantitative estimate of drug-likeness (QED) is 0.863. The predicted molar refractivity (Wildman–Crippen MR) is 107 cm³/mol. The molecule has 4 nitrogen and oxygen atoms in total. The predicted octanol–water partition coefficient (Wildman–Crippen LogP) is 4.16. The van der Waals surface area contributed by atoms with Gasteiger partial charge in [-0.25, -0.2) is 0 Å². The van der Waals surface area contributed by atoms with Gasteiger partial charge in [-0.3, -0.25) is 4.79 Å². The highest BCUT2D eigenvalue weighted by molar-refractivity contribution is 5.94. The number of carbonyl (C=O) groups excluding carboxylic acids is 1. The van der Waals surface area contributed by atoms with E-state index in [0.29, 0.717) is 17.2 Å². The van der Waals surface area contributed by atoms with Crippen LogP contribution in [0.25, 0.3) is 0 Å². The van der Waals surface area contributed by atoms with E-state index < -0.39 is 5.60 Å². The lowest BCUT2D eigenvalue weighted by molar-refractivity contribution is 0.0282. The van der Waals surface area contributed by atoms with Gasteiger partial charge < -0.3 is 14.7 Å². The molecule has 1 N–H and O–H groups in total. The average Bonchev–Trinajstić information content (AvgIpc) is 2.66. The Bertz CT molecular complexity index is 780. The van der Waals surface area contributed by atoms with Crippen molar-refractivity contribution in [1.29, 1.82) is 0 Å². The fourth-order valence-corrected chi connectivity index (χ4v) is 3.54. The zero-order chi connectivity index (χ0) is 19.4. The molecule has 27 heavy (non-hydrogen) atoms. The molecule has 1 saturated heterocycles. The van der Waals surface area contributed by atoms with Crippen molar-refractivity contribution in [3.8, 4) is 5.75 Å². The van der Waals surface area contributed by atoms with E-state index in [1.54, 1.807) is 13.8 Å². The molecule has 0 spiro atoms. The van der Waals surface area contributed by atoms with Crippen molar-refractivity contribution < 1.29 is 14.6 Å². The third kappa shape index (κ3) is 5.10. The molecule has 1 atom stereocenters. The van der Waals surface area contributed by atoms with Crippen LogP contribution < -0.4 is 4.74 Å². The number of carbonyl (C=O) groups is 1. The van der Waals surface area contributed by atoms with Crippen molar-refractivity contribution in [3.05, 3.63) is 65.2 Å². The first-order valence-corrected chi connectivity index (χ1v) is 9.63. The first kappa shape index (κ1) is 19.4. The molecule has 1 aliphatic rings. The second-order valence-corrected chi connectivity index (χ2v) is 8.08. The van der Waals surface area contributed by atoms with Crippen LogP contribution in [0.3, 0.4) is 0 Å². The molecule has 0 unspecified atom stereocenters. The normalized spacial score (nSPS) is 17.6. The summed E-state index contributed by atoms with van der Waals surface area (Å²) in [7, 11) is 0. The number of aliphatic hydroxyl groups is 1. The minimum atomic E-state index is -0.888. The number of amides is 1. The molecule has 0 radical (unpaired) electrons. The topological polar surface area (TPSA) is 49.8 Å². The number of aryl methyl sites for hydroxylation is 1. The fourth-order valence-electron chi connectivity index (χ4n) is 3.54. The lowest BCUT2D eigenvalue weighted by Gasteiger charge is -2.33. The van der Waals surface area contributed by atoms with E-state index in [1.807, 2.05) is 36.1 Å². The molecule has 2 aromatic carbocycles. The van der Waals surface area contributed by atoms with E-state index in [0.717, 1.165) is 31.5 Å². The summed E-state index contributed by atoms with van der Waals surface area (Å²) in [4.78, 5) is 15.0. The van der Waals surface area contributed by atoms with Gasteiger partial charge in [-0.1, -0.05) is 30.3 Å².